The third-order valence-corrected chi connectivity index (χ3v) is 3.46. The molecule has 0 saturated carbocycles. The van der Waals surface area contributed by atoms with Crippen LogP contribution < -0.4 is 10.8 Å². The third-order valence-electron chi connectivity index (χ3n) is 2.99. The summed E-state index contributed by atoms with van der Waals surface area (Å²) in [5.74, 6) is 0. The zero-order valence-electron chi connectivity index (χ0n) is 13.5. The van der Waals surface area contributed by atoms with Crippen molar-refractivity contribution in [1.29, 1.82) is 0 Å². The number of nitrogens with zero attached hydrogens (tertiary/aromatic N) is 4. The van der Waals surface area contributed by atoms with Crippen LogP contribution in [0.3, 0.4) is 0 Å². The molecule has 0 radical (unpaired) electrons. The fraction of sp³-hybridized carbons (Fsp3) is 0.500. The number of imidazole rings is 1. The molecule has 0 aliphatic carbocycles. The fourth-order valence-electron chi connectivity index (χ4n) is 1.74. The van der Waals surface area contributed by atoms with E-state index in [0.29, 0.717) is 22.3 Å². The number of aromatic amines is 1. The summed E-state index contributed by atoms with van der Waals surface area (Å²) in [6.45, 7) is 4.78. The van der Waals surface area contributed by atoms with Crippen molar-refractivity contribution in [1.82, 2.24) is 19.1 Å². The second-order valence-corrected chi connectivity index (χ2v) is 6.25. The van der Waals surface area contributed by atoms with E-state index in [1.807, 2.05) is 21.1 Å². The minimum atomic E-state index is -0.181. The van der Waals surface area contributed by atoms with Gasteiger partial charge < -0.3 is 14.6 Å². The normalized spacial score (nSPS) is 11.1. The Balaban J connectivity index is 0.000000295. The van der Waals surface area contributed by atoms with Crippen molar-refractivity contribution < 1.29 is 9.59 Å². The molecule has 0 unspecified atom stereocenters. The van der Waals surface area contributed by atoms with Crippen molar-refractivity contribution in [3.05, 3.63) is 34.1 Å². The summed E-state index contributed by atoms with van der Waals surface area (Å²) in [5, 5.41) is 9.93. The highest BCUT2D eigenvalue weighted by atomic mass is 32.1. The van der Waals surface area contributed by atoms with Gasteiger partial charge in [0.05, 0.1) is 34.0 Å². The van der Waals surface area contributed by atoms with Gasteiger partial charge in [-0.05, 0) is 0 Å². The molecular weight excluding hydrogens is 302 g/mol. The van der Waals surface area contributed by atoms with Gasteiger partial charge in [-0.1, -0.05) is 24.9 Å². The SMILES string of the molecule is C=CCn1c(=O)n(C)c(=S)c2[nH]cnc21.C[N+](C)(C)CC[O-]. The van der Waals surface area contributed by atoms with Crippen LogP contribution in [0.1, 0.15) is 0 Å². The molecule has 2 heterocycles. The number of likely N-dealkylation sites (N-methyl/N-ethyl adjacent to an activating group) is 1. The Kier molecular flexibility index (Phi) is 6.21. The summed E-state index contributed by atoms with van der Waals surface area (Å²) < 4.78 is 4.19. The molecule has 8 heteroatoms. The number of rotatable bonds is 4. The van der Waals surface area contributed by atoms with Crippen LogP contribution in [0.4, 0.5) is 0 Å². The van der Waals surface area contributed by atoms with E-state index in [0.717, 1.165) is 11.0 Å². The van der Waals surface area contributed by atoms with E-state index in [-0.39, 0.29) is 12.3 Å². The van der Waals surface area contributed by atoms with Crippen LogP contribution in [0.25, 0.3) is 11.2 Å². The number of hydrogen-bond donors (Lipinski definition) is 1. The standard InChI is InChI=1S/C9H10N4OS.C5H13NO/c1-3-4-13-7-6(10-5-11-7)8(15)12(2)9(13)14;1-6(2,3)4-5-7/h3,5H,1,4H2,2H3,(H,10,11);4-5H2,1-3H3. The van der Waals surface area contributed by atoms with Crippen molar-refractivity contribution in [2.24, 2.45) is 7.05 Å². The van der Waals surface area contributed by atoms with Crippen LogP contribution in [-0.4, -0.2) is 57.9 Å². The molecule has 0 aliphatic heterocycles. The van der Waals surface area contributed by atoms with Gasteiger partial charge in [0, 0.05) is 13.6 Å². The van der Waals surface area contributed by atoms with Crippen molar-refractivity contribution in [2.75, 3.05) is 34.3 Å². The smallest absolute Gasteiger partial charge is 0.330 e. The van der Waals surface area contributed by atoms with E-state index in [4.69, 9.17) is 12.2 Å². The second-order valence-electron chi connectivity index (χ2n) is 5.87. The van der Waals surface area contributed by atoms with Crippen molar-refractivity contribution >= 4 is 23.4 Å². The number of quaternary nitrogens is 1. The fourth-order valence-corrected chi connectivity index (χ4v) is 1.97. The second kappa shape index (κ2) is 7.48. The topological polar surface area (TPSA) is 78.7 Å². The number of fused-ring (bicyclic) bond motifs is 1. The van der Waals surface area contributed by atoms with E-state index in [1.54, 1.807) is 13.1 Å². The lowest BCUT2D eigenvalue weighted by molar-refractivity contribution is -0.875. The molecule has 0 fully saturated rings. The maximum Gasteiger partial charge on any atom is 0.330 e. The largest absolute Gasteiger partial charge is 0.850 e. The van der Waals surface area contributed by atoms with Gasteiger partial charge in [-0.25, -0.2) is 9.78 Å². The highest BCUT2D eigenvalue weighted by molar-refractivity contribution is 7.71. The molecule has 0 amide bonds. The predicted octanol–water partition coefficient (Wildman–Crippen LogP) is 0.0315. The molecule has 2 aromatic heterocycles. The predicted molar refractivity (Wildman–Crippen MR) is 88.1 cm³/mol. The zero-order chi connectivity index (χ0) is 16.9. The number of allylic oxidation sites excluding steroid dienone is 1. The monoisotopic (exact) mass is 325 g/mol. The summed E-state index contributed by atoms with van der Waals surface area (Å²) in [5.41, 5.74) is 1.09. The van der Waals surface area contributed by atoms with E-state index in [9.17, 15) is 9.90 Å². The lowest BCUT2D eigenvalue weighted by Crippen LogP contribution is -2.39. The van der Waals surface area contributed by atoms with Gasteiger partial charge in [0.25, 0.3) is 0 Å². The Labute approximate surface area is 134 Å². The van der Waals surface area contributed by atoms with Crippen LogP contribution >= 0.6 is 12.2 Å². The average molecular weight is 325 g/mol. The number of H-pyrrole nitrogens is 1. The lowest BCUT2D eigenvalue weighted by atomic mass is 10.5. The Bertz CT molecular complexity index is 751. The van der Waals surface area contributed by atoms with E-state index < -0.39 is 0 Å². The molecule has 122 valence electrons. The van der Waals surface area contributed by atoms with Gasteiger partial charge in [-0.3, -0.25) is 9.13 Å². The summed E-state index contributed by atoms with van der Waals surface area (Å²) >= 11 is 5.13. The summed E-state index contributed by atoms with van der Waals surface area (Å²) in [4.78, 5) is 18.9. The molecule has 0 aliphatic rings. The first-order valence-corrected chi connectivity index (χ1v) is 7.26. The molecule has 1 N–H and O–H groups in total. The van der Waals surface area contributed by atoms with Crippen LogP contribution in [-0.2, 0) is 13.6 Å². The molecule has 22 heavy (non-hydrogen) atoms. The lowest BCUT2D eigenvalue weighted by Gasteiger charge is -2.25. The van der Waals surface area contributed by atoms with Gasteiger partial charge in [-0.15, -0.1) is 6.58 Å². The third kappa shape index (κ3) is 4.36. The van der Waals surface area contributed by atoms with E-state index >= 15 is 0 Å². The van der Waals surface area contributed by atoms with Crippen molar-refractivity contribution in [2.45, 2.75) is 6.54 Å². The van der Waals surface area contributed by atoms with Gasteiger partial charge in [0.2, 0.25) is 0 Å². The maximum atomic E-state index is 11.8. The number of aromatic nitrogens is 4. The van der Waals surface area contributed by atoms with E-state index in [2.05, 4.69) is 16.5 Å². The van der Waals surface area contributed by atoms with Crippen LogP contribution in [0.2, 0.25) is 0 Å². The first-order chi connectivity index (χ1) is 10.2. The van der Waals surface area contributed by atoms with Gasteiger partial charge in [0.15, 0.2) is 5.65 Å². The molecular formula is C14H23N5O2S. The minimum Gasteiger partial charge on any atom is -0.850 e. The summed E-state index contributed by atoms with van der Waals surface area (Å²) in [7, 11) is 7.68. The summed E-state index contributed by atoms with van der Waals surface area (Å²) in [6.07, 6.45) is 3.18. The molecule has 0 atom stereocenters. The first kappa shape index (κ1) is 18.3. The average Bonchev–Trinajstić information content (AvgIpc) is 2.90. The molecule has 7 nitrogen and oxygen atoms in total. The highest BCUT2D eigenvalue weighted by Gasteiger charge is 2.08. The molecule has 2 rings (SSSR count). The Morgan fingerprint density at radius 1 is 1.50 bits per heavy atom. The Hall–Kier alpha value is -1.77. The maximum absolute atomic E-state index is 11.8. The number of nitrogens with one attached hydrogen (secondary N) is 1. The molecule has 0 saturated heterocycles. The Morgan fingerprint density at radius 2 is 2.14 bits per heavy atom. The van der Waals surface area contributed by atoms with Crippen molar-refractivity contribution in [3.8, 4) is 0 Å². The van der Waals surface area contributed by atoms with Gasteiger partial charge >= 0.3 is 5.69 Å². The van der Waals surface area contributed by atoms with Crippen molar-refractivity contribution in [3.63, 3.8) is 0 Å². The molecule has 2 aromatic rings. The van der Waals surface area contributed by atoms with E-state index in [1.165, 1.54) is 15.5 Å². The zero-order valence-corrected chi connectivity index (χ0v) is 14.3. The summed E-state index contributed by atoms with van der Waals surface area (Å²) in [6, 6.07) is 0. The van der Waals surface area contributed by atoms with Crippen LogP contribution in [0, 0.1) is 4.64 Å². The molecule has 0 aromatic carbocycles. The van der Waals surface area contributed by atoms with Gasteiger partial charge in [-0.2, -0.15) is 0 Å². The quantitative estimate of drug-likeness (QED) is 0.489. The van der Waals surface area contributed by atoms with Gasteiger partial charge in [0.1, 0.15) is 10.2 Å². The highest BCUT2D eigenvalue weighted by Crippen LogP contribution is 2.07. The number of hydrogen-bond acceptors (Lipinski definition) is 4. The minimum absolute atomic E-state index is 0.0312. The molecule has 0 bridgehead atoms. The van der Waals surface area contributed by atoms with Crippen LogP contribution in [0.15, 0.2) is 23.8 Å². The molecule has 0 spiro atoms. The Morgan fingerprint density at radius 3 is 2.59 bits per heavy atom. The first-order valence-electron chi connectivity index (χ1n) is 6.85. The van der Waals surface area contributed by atoms with Crippen LogP contribution in [0.5, 0.6) is 0 Å².